The Morgan fingerprint density at radius 1 is 1.46 bits per heavy atom. The molecule has 0 saturated heterocycles. The Balaban J connectivity index is 2.15. The van der Waals surface area contributed by atoms with E-state index < -0.39 is 17.9 Å². The monoisotopic (exact) mass is 357 g/mol. The molecular weight excluding hydrogens is 337 g/mol. The van der Waals surface area contributed by atoms with Gasteiger partial charge in [0.25, 0.3) is 0 Å². The van der Waals surface area contributed by atoms with E-state index in [-0.39, 0.29) is 24.8 Å². The molecule has 0 saturated carbocycles. The second kappa shape index (κ2) is 7.66. The number of pyridine rings is 1. The lowest BCUT2D eigenvalue weighted by Crippen LogP contribution is -2.27. The predicted octanol–water partition coefficient (Wildman–Crippen LogP) is 3.39. The van der Waals surface area contributed by atoms with Crippen LogP contribution in [0, 0.1) is 5.82 Å². The maximum atomic E-state index is 14.7. The maximum Gasteiger partial charge on any atom is 0.357 e. The van der Waals surface area contributed by atoms with Crippen LogP contribution in [-0.2, 0) is 11.2 Å². The molecule has 6 heteroatoms. The Bertz CT molecular complexity index is 850. The quantitative estimate of drug-likeness (QED) is 0.831. The van der Waals surface area contributed by atoms with Gasteiger partial charge in [0, 0.05) is 11.1 Å². The Hall–Kier alpha value is -2.73. The van der Waals surface area contributed by atoms with Crippen LogP contribution in [0.25, 0.3) is 17.2 Å². The minimum absolute atomic E-state index is 0.0476. The van der Waals surface area contributed by atoms with Crippen LogP contribution in [0.1, 0.15) is 35.0 Å². The molecule has 5 nitrogen and oxygen atoms in total. The summed E-state index contributed by atoms with van der Waals surface area (Å²) in [6.07, 6.45) is 2.32. The van der Waals surface area contributed by atoms with Crippen molar-refractivity contribution in [3.05, 3.63) is 53.5 Å². The fourth-order valence-corrected chi connectivity index (χ4v) is 2.96. The lowest BCUT2D eigenvalue weighted by atomic mass is 9.93. The molecule has 2 heterocycles. The Morgan fingerprint density at radius 3 is 2.92 bits per heavy atom. The van der Waals surface area contributed by atoms with E-state index in [1.807, 2.05) is 0 Å². The summed E-state index contributed by atoms with van der Waals surface area (Å²) in [7, 11) is 0. The third kappa shape index (κ3) is 3.46. The number of ether oxygens (including phenoxy) is 2. The van der Waals surface area contributed by atoms with Gasteiger partial charge >= 0.3 is 5.97 Å². The fraction of sp³-hybridized carbons (Fsp3) is 0.300. The largest absolute Gasteiger partial charge is 0.472 e. The number of carbonyl (C=O) groups excluding carboxylic acids is 1. The van der Waals surface area contributed by atoms with Crippen molar-refractivity contribution in [2.24, 2.45) is 0 Å². The molecule has 136 valence electrons. The first kappa shape index (κ1) is 18.1. The van der Waals surface area contributed by atoms with E-state index in [4.69, 9.17) is 9.47 Å². The minimum Gasteiger partial charge on any atom is -0.472 e. The van der Waals surface area contributed by atoms with Crippen molar-refractivity contribution in [3.63, 3.8) is 0 Å². The lowest BCUT2D eigenvalue weighted by Gasteiger charge is -2.26. The molecule has 1 aliphatic rings. The van der Waals surface area contributed by atoms with Crippen LogP contribution in [0.15, 0.2) is 30.8 Å². The molecule has 1 aromatic carbocycles. The molecule has 0 bridgehead atoms. The van der Waals surface area contributed by atoms with Crippen LogP contribution in [0.4, 0.5) is 4.39 Å². The molecule has 0 amide bonds. The number of aromatic nitrogens is 1. The zero-order valence-electron chi connectivity index (χ0n) is 14.5. The van der Waals surface area contributed by atoms with Crippen molar-refractivity contribution < 1.29 is 23.8 Å². The van der Waals surface area contributed by atoms with Gasteiger partial charge in [-0.15, -0.1) is 0 Å². The Labute approximate surface area is 151 Å². The summed E-state index contributed by atoms with van der Waals surface area (Å²) in [6.45, 7) is 5.39. The molecule has 1 aromatic heterocycles. The van der Waals surface area contributed by atoms with Crippen molar-refractivity contribution in [2.75, 3.05) is 13.2 Å². The summed E-state index contributed by atoms with van der Waals surface area (Å²) in [4.78, 5) is 16.4. The van der Waals surface area contributed by atoms with E-state index in [0.29, 0.717) is 35.1 Å². The van der Waals surface area contributed by atoms with Gasteiger partial charge in [0.05, 0.1) is 13.2 Å². The highest BCUT2D eigenvalue weighted by Crippen LogP contribution is 2.36. The molecule has 1 aliphatic heterocycles. The number of aliphatic hydroxyl groups excluding tert-OH is 1. The number of rotatable bonds is 5. The molecule has 3 rings (SSSR count). The van der Waals surface area contributed by atoms with Crippen molar-refractivity contribution in [1.29, 1.82) is 0 Å². The van der Waals surface area contributed by atoms with E-state index in [1.165, 1.54) is 12.1 Å². The van der Waals surface area contributed by atoms with Crippen LogP contribution in [0.2, 0.25) is 0 Å². The van der Waals surface area contributed by atoms with E-state index >= 15 is 0 Å². The molecule has 1 N–H and O–H groups in total. The van der Waals surface area contributed by atoms with E-state index in [0.717, 1.165) is 0 Å². The number of fused-ring (bicyclic) bond motifs is 1. The SMILES string of the molecule is C=Cc1ccc(-c2cc(C(=O)OCC)nc3c2CCC(CO)O3)c(F)c1. The Kier molecular flexibility index (Phi) is 5.32. The highest BCUT2D eigenvalue weighted by atomic mass is 19.1. The molecule has 1 atom stereocenters. The summed E-state index contributed by atoms with van der Waals surface area (Å²) >= 11 is 0. The third-order valence-corrected chi connectivity index (χ3v) is 4.29. The molecule has 0 aliphatic carbocycles. The molecule has 0 spiro atoms. The second-order valence-corrected chi connectivity index (χ2v) is 5.96. The number of aliphatic hydroxyl groups is 1. The van der Waals surface area contributed by atoms with Gasteiger partial charge < -0.3 is 14.6 Å². The molecule has 2 aromatic rings. The summed E-state index contributed by atoms with van der Waals surface area (Å²) in [6, 6.07) is 6.32. The first-order chi connectivity index (χ1) is 12.6. The molecule has 0 fully saturated rings. The highest BCUT2D eigenvalue weighted by Gasteiger charge is 2.27. The van der Waals surface area contributed by atoms with Gasteiger partial charge in [-0.2, -0.15) is 0 Å². The highest BCUT2D eigenvalue weighted by molar-refractivity contribution is 5.90. The first-order valence-corrected chi connectivity index (χ1v) is 8.48. The number of halogens is 1. The summed E-state index contributed by atoms with van der Waals surface area (Å²) in [5.74, 6) is -0.785. The van der Waals surface area contributed by atoms with Gasteiger partial charge in [0.1, 0.15) is 11.9 Å². The van der Waals surface area contributed by atoms with Gasteiger partial charge in [-0.3, -0.25) is 0 Å². The first-order valence-electron chi connectivity index (χ1n) is 8.48. The number of hydrogen-bond acceptors (Lipinski definition) is 5. The van der Waals surface area contributed by atoms with Crippen LogP contribution in [0.3, 0.4) is 0 Å². The van der Waals surface area contributed by atoms with E-state index in [9.17, 15) is 14.3 Å². The summed E-state index contributed by atoms with van der Waals surface area (Å²) < 4.78 is 25.4. The average molecular weight is 357 g/mol. The number of carbonyl (C=O) groups is 1. The zero-order chi connectivity index (χ0) is 18.7. The number of hydrogen-bond donors (Lipinski definition) is 1. The third-order valence-electron chi connectivity index (χ3n) is 4.29. The second-order valence-electron chi connectivity index (χ2n) is 5.96. The average Bonchev–Trinajstić information content (AvgIpc) is 2.66. The van der Waals surface area contributed by atoms with Crippen LogP contribution in [-0.4, -0.2) is 35.4 Å². The molecule has 26 heavy (non-hydrogen) atoms. The summed E-state index contributed by atoms with van der Waals surface area (Å²) in [5.41, 5.74) is 2.32. The van der Waals surface area contributed by atoms with E-state index in [2.05, 4.69) is 11.6 Å². The smallest absolute Gasteiger partial charge is 0.357 e. The van der Waals surface area contributed by atoms with Crippen molar-refractivity contribution in [1.82, 2.24) is 4.98 Å². The Morgan fingerprint density at radius 2 is 2.27 bits per heavy atom. The molecule has 0 radical (unpaired) electrons. The molecular formula is C20H20FNO4. The van der Waals surface area contributed by atoms with Crippen molar-refractivity contribution >= 4 is 12.0 Å². The van der Waals surface area contributed by atoms with Gasteiger partial charge in [-0.1, -0.05) is 24.8 Å². The maximum absolute atomic E-state index is 14.7. The number of benzene rings is 1. The zero-order valence-corrected chi connectivity index (χ0v) is 14.5. The molecule has 1 unspecified atom stereocenters. The summed E-state index contributed by atoms with van der Waals surface area (Å²) in [5, 5.41) is 9.35. The van der Waals surface area contributed by atoms with Crippen LogP contribution in [0.5, 0.6) is 5.88 Å². The van der Waals surface area contributed by atoms with E-state index in [1.54, 1.807) is 25.1 Å². The fourth-order valence-electron chi connectivity index (χ4n) is 2.96. The van der Waals surface area contributed by atoms with Gasteiger partial charge in [0.15, 0.2) is 5.69 Å². The number of esters is 1. The van der Waals surface area contributed by atoms with Gasteiger partial charge in [-0.25, -0.2) is 14.2 Å². The minimum atomic E-state index is -0.602. The van der Waals surface area contributed by atoms with Gasteiger partial charge in [-0.05, 0) is 43.0 Å². The van der Waals surface area contributed by atoms with Crippen molar-refractivity contribution in [3.8, 4) is 17.0 Å². The number of nitrogens with zero attached hydrogens (tertiary/aromatic N) is 1. The lowest BCUT2D eigenvalue weighted by molar-refractivity contribution is 0.0514. The standard InChI is InChI=1S/C20H20FNO4/c1-3-12-5-7-14(17(21)9-12)16-10-18(20(24)25-4-2)22-19-15(16)8-6-13(11-23)26-19/h3,5,7,9-10,13,23H,1,4,6,8,11H2,2H3. The van der Waals surface area contributed by atoms with Crippen LogP contribution < -0.4 is 4.74 Å². The van der Waals surface area contributed by atoms with Crippen molar-refractivity contribution in [2.45, 2.75) is 25.9 Å². The van der Waals surface area contributed by atoms with Gasteiger partial charge in [0.2, 0.25) is 5.88 Å². The topological polar surface area (TPSA) is 68.7 Å². The predicted molar refractivity (Wildman–Crippen MR) is 95.5 cm³/mol. The van der Waals surface area contributed by atoms with Crippen LogP contribution >= 0.6 is 0 Å². The normalized spacial score (nSPS) is 15.7.